The third kappa shape index (κ3) is 2.20. The molecule has 0 unspecified atom stereocenters. The Kier molecular flexibility index (Phi) is 3.38. The lowest BCUT2D eigenvalue weighted by molar-refractivity contribution is 0.163. The van der Waals surface area contributed by atoms with Crippen molar-refractivity contribution in [3.05, 3.63) is 0 Å². The number of nitrogens with zero attached hydrogens (tertiary/aromatic N) is 2. The first kappa shape index (κ1) is 8.55. The van der Waals surface area contributed by atoms with Crippen molar-refractivity contribution in [3.63, 3.8) is 0 Å². The summed E-state index contributed by atoms with van der Waals surface area (Å²) in [5, 5.41) is 8.54. The molecule has 0 amide bonds. The summed E-state index contributed by atoms with van der Waals surface area (Å²) < 4.78 is 0. The maximum atomic E-state index is 8.54. The van der Waals surface area contributed by atoms with Gasteiger partial charge in [0.25, 0.3) is 0 Å². The van der Waals surface area contributed by atoms with E-state index in [0.717, 1.165) is 6.54 Å². The van der Waals surface area contributed by atoms with Crippen molar-refractivity contribution in [1.29, 1.82) is 5.26 Å². The quantitative estimate of drug-likeness (QED) is 0.564. The Morgan fingerprint density at radius 3 is 3.00 bits per heavy atom. The molecule has 2 heteroatoms. The summed E-state index contributed by atoms with van der Waals surface area (Å²) in [7, 11) is 0. The van der Waals surface area contributed by atoms with Crippen LogP contribution in [0, 0.1) is 11.3 Å². The van der Waals surface area contributed by atoms with E-state index in [9.17, 15) is 0 Å². The van der Waals surface area contributed by atoms with E-state index in [0.29, 0.717) is 12.6 Å². The van der Waals surface area contributed by atoms with Gasteiger partial charge in [-0.1, -0.05) is 13.3 Å². The van der Waals surface area contributed by atoms with Crippen LogP contribution in [-0.2, 0) is 0 Å². The highest BCUT2D eigenvalue weighted by Gasteiger charge is 2.19. The van der Waals surface area contributed by atoms with Crippen LogP contribution < -0.4 is 0 Å². The fraction of sp³-hybridized carbons (Fsp3) is 0.889. The standard InChI is InChI=1S/C9H16N2/c1-2-9-5-3-4-7-11(9)8-6-10/h9H,2-5,7-8H2,1H3/t9-/m0/s1. The second-order valence-electron chi connectivity index (χ2n) is 3.19. The molecule has 62 valence electrons. The zero-order valence-electron chi connectivity index (χ0n) is 7.21. The zero-order chi connectivity index (χ0) is 8.10. The monoisotopic (exact) mass is 152 g/mol. The zero-order valence-corrected chi connectivity index (χ0v) is 7.21. The molecule has 1 rings (SSSR count). The van der Waals surface area contributed by atoms with Gasteiger partial charge in [-0.15, -0.1) is 0 Å². The van der Waals surface area contributed by atoms with Gasteiger partial charge < -0.3 is 0 Å². The summed E-state index contributed by atoms with van der Waals surface area (Å²) in [6, 6.07) is 2.91. The molecule has 1 fully saturated rings. The SMILES string of the molecule is CC[C@H]1CCCCN1CC#N. The molecule has 0 N–H and O–H groups in total. The van der Waals surface area contributed by atoms with Crippen molar-refractivity contribution in [2.24, 2.45) is 0 Å². The third-order valence-electron chi connectivity index (χ3n) is 2.49. The molecule has 0 spiro atoms. The van der Waals surface area contributed by atoms with Gasteiger partial charge in [-0.05, 0) is 25.8 Å². The molecule has 1 heterocycles. The second-order valence-corrected chi connectivity index (χ2v) is 3.19. The Morgan fingerprint density at radius 1 is 1.55 bits per heavy atom. The van der Waals surface area contributed by atoms with Crippen LogP contribution in [0.15, 0.2) is 0 Å². The van der Waals surface area contributed by atoms with Crippen molar-refractivity contribution in [1.82, 2.24) is 4.90 Å². The number of hydrogen-bond donors (Lipinski definition) is 0. The summed E-state index contributed by atoms with van der Waals surface area (Å²) in [4.78, 5) is 2.31. The molecule has 0 aromatic carbocycles. The number of hydrogen-bond acceptors (Lipinski definition) is 2. The van der Waals surface area contributed by atoms with E-state index in [1.807, 2.05) is 0 Å². The van der Waals surface area contributed by atoms with Crippen LogP contribution in [0.5, 0.6) is 0 Å². The second kappa shape index (κ2) is 4.35. The molecular formula is C9H16N2. The fourth-order valence-electron chi connectivity index (χ4n) is 1.82. The average molecular weight is 152 g/mol. The number of likely N-dealkylation sites (tertiary alicyclic amines) is 1. The fourth-order valence-corrected chi connectivity index (χ4v) is 1.82. The minimum Gasteiger partial charge on any atom is -0.288 e. The van der Waals surface area contributed by atoms with Crippen LogP contribution in [0.3, 0.4) is 0 Å². The minimum absolute atomic E-state index is 0.624. The van der Waals surface area contributed by atoms with Crippen molar-refractivity contribution in [2.45, 2.75) is 38.6 Å². The van der Waals surface area contributed by atoms with Crippen molar-refractivity contribution in [3.8, 4) is 6.07 Å². The Balaban J connectivity index is 2.39. The molecule has 1 saturated heterocycles. The van der Waals surface area contributed by atoms with Gasteiger partial charge in [0.15, 0.2) is 0 Å². The Labute approximate surface area is 68.8 Å². The van der Waals surface area contributed by atoms with Crippen LogP contribution in [0.1, 0.15) is 32.6 Å². The molecule has 0 aromatic heterocycles. The van der Waals surface area contributed by atoms with Gasteiger partial charge in [0.2, 0.25) is 0 Å². The molecule has 2 nitrogen and oxygen atoms in total. The van der Waals surface area contributed by atoms with Crippen molar-refractivity contribution in [2.75, 3.05) is 13.1 Å². The average Bonchev–Trinajstić information content (AvgIpc) is 2.06. The lowest BCUT2D eigenvalue weighted by atomic mass is 10.0. The van der Waals surface area contributed by atoms with Gasteiger partial charge in [-0.2, -0.15) is 5.26 Å². The highest BCUT2D eigenvalue weighted by molar-refractivity contribution is 4.83. The van der Waals surface area contributed by atoms with Crippen LogP contribution in [0.25, 0.3) is 0 Å². The molecule has 0 saturated carbocycles. The minimum atomic E-state index is 0.624. The highest BCUT2D eigenvalue weighted by atomic mass is 15.2. The van der Waals surface area contributed by atoms with Crippen LogP contribution in [0.4, 0.5) is 0 Å². The van der Waals surface area contributed by atoms with Crippen LogP contribution >= 0.6 is 0 Å². The lowest BCUT2D eigenvalue weighted by Gasteiger charge is -2.33. The molecule has 0 aliphatic carbocycles. The maximum absolute atomic E-state index is 8.54. The van der Waals surface area contributed by atoms with E-state index in [-0.39, 0.29) is 0 Å². The molecular weight excluding hydrogens is 136 g/mol. The van der Waals surface area contributed by atoms with Crippen molar-refractivity contribution >= 4 is 0 Å². The van der Waals surface area contributed by atoms with Crippen LogP contribution in [-0.4, -0.2) is 24.0 Å². The summed E-state index contributed by atoms with van der Waals surface area (Å²) >= 11 is 0. The Morgan fingerprint density at radius 2 is 2.36 bits per heavy atom. The van der Waals surface area contributed by atoms with Gasteiger partial charge in [0.05, 0.1) is 12.6 Å². The summed E-state index contributed by atoms with van der Waals surface area (Å²) in [5.41, 5.74) is 0. The Hall–Kier alpha value is -0.550. The summed E-state index contributed by atoms with van der Waals surface area (Å²) in [6.07, 6.45) is 5.11. The molecule has 0 bridgehead atoms. The maximum Gasteiger partial charge on any atom is 0.0868 e. The molecule has 11 heavy (non-hydrogen) atoms. The van der Waals surface area contributed by atoms with Gasteiger partial charge in [0.1, 0.15) is 0 Å². The number of nitriles is 1. The first-order chi connectivity index (χ1) is 5.38. The number of piperidine rings is 1. The van der Waals surface area contributed by atoms with Gasteiger partial charge in [-0.3, -0.25) is 4.90 Å². The smallest absolute Gasteiger partial charge is 0.0868 e. The molecule has 0 radical (unpaired) electrons. The molecule has 1 aliphatic rings. The van der Waals surface area contributed by atoms with E-state index in [4.69, 9.17) is 5.26 Å². The topological polar surface area (TPSA) is 27.0 Å². The molecule has 1 atom stereocenters. The lowest BCUT2D eigenvalue weighted by Crippen LogP contribution is -2.39. The normalized spacial score (nSPS) is 26.4. The summed E-state index contributed by atoms with van der Waals surface area (Å²) in [5.74, 6) is 0. The molecule has 1 aliphatic heterocycles. The Bertz CT molecular complexity index is 148. The van der Waals surface area contributed by atoms with Crippen molar-refractivity contribution < 1.29 is 0 Å². The van der Waals surface area contributed by atoms with E-state index in [1.54, 1.807) is 0 Å². The third-order valence-corrected chi connectivity index (χ3v) is 2.49. The van der Waals surface area contributed by atoms with E-state index < -0.39 is 0 Å². The molecule has 0 aromatic rings. The van der Waals surface area contributed by atoms with Gasteiger partial charge in [-0.25, -0.2) is 0 Å². The van der Waals surface area contributed by atoms with E-state index in [1.165, 1.54) is 25.7 Å². The predicted octanol–water partition coefficient (Wildman–Crippen LogP) is 1.77. The highest BCUT2D eigenvalue weighted by Crippen LogP contribution is 2.18. The predicted molar refractivity (Wildman–Crippen MR) is 45.1 cm³/mol. The van der Waals surface area contributed by atoms with E-state index >= 15 is 0 Å². The first-order valence-electron chi connectivity index (χ1n) is 4.49. The first-order valence-corrected chi connectivity index (χ1v) is 4.49. The number of rotatable bonds is 2. The van der Waals surface area contributed by atoms with Gasteiger partial charge >= 0.3 is 0 Å². The summed E-state index contributed by atoms with van der Waals surface area (Å²) in [6.45, 7) is 3.96. The largest absolute Gasteiger partial charge is 0.288 e. The van der Waals surface area contributed by atoms with Crippen LogP contribution in [0.2, 0.25) is 0 Å². The van der Waals surface area contributed by atoms with E-state index in [2.05, 4.69) is 17.9 Å². The van der Waals surface area contributed by atoms with Gasteiger partial charge in [0, 0.05) is 6.04 Å².